The molecule has 26 heavy (non-hydrogen) atoms. The van der Waals surface area contributed by atoms with Gasteiger partial charge in [0.2, 0.25) is 0 Å². The average molecular weight is 369 g/mol. The van der Waals surface area contributed by atoms with Gasteiger partial charge in [0.25, 0.3) is 0 Å². The van der Waals surface area contributed by atoms with Gasteiger partial charge in [0, 0.05) is 22.2 Å². The first kappa shape index (κ1) is 17.6. The molecule has 0 amide bonds. The fourth-order valence-electron chi connectivity index (χ4n) is 3.93. The zero-order chi connectivity index (χ0) is 18.1. The second kappa shape index (κ2) is 7.47. The Morgan fingerprint density at radius 3 is 2.31 bits per heavy atom. The summed E-state index contributed by atoms with van der Waals surface area (Å²) < 4.78 is 1.22. The van der Waals surface area contributed by atoms with E-state index in [0.717, 1.165) is 5.56 Å². The number of likely N-dealkylation sites (tertiary alicyclic amines) is 1. The number of thiophene rings is 1. The number of hydrogen-bond donors (Lipinski definition) is 3. The highest BCUT2D eigenvalue weighted by atomic mass is 32.1. The van der Waals surface area contributed by atoms with Gasteiger partial charge in [0.15, 0.2) is 0 Å². The molecule has 0 bridgehead atoms. The molecule has 1 aliphatic heterocycles. The minimum absolute atomic E-state index is 0.172. The predicted octanol–water partition coefficient (Wildman–Crippen LogP) is 2.41. The van der Waals surface area contributed by atoms with Crippen molar-refractivity contribution in [3.63, 3.8) is 0 Å². The first-order valence-electron chi connectivity index (χ1n) is 8.91. The van der Waals surface area contributed by atoms with Gasteiger partial charge >= 0.3 is 0 Å². The molecule has 4 nitrogen and oxygen atoms in total. The number of nitrogens with zero attached hydrogens (tertiary/aromatic N) is 1. The molecule has 3 aromatic rings. The lowest BCUT2D eigenvalue weighted by atomic mass is 10.0. The van der Waals surface area contributed by atoms with Gasteiger partial charge in [-0.1, -0.05) is 48.5 Å². The molecule has 4 atom stereocenters. The van der Waals surface area contributed by atoms with Crippen LogP contribution >= 0.6 is 11.3 Å². The van der Waals surface area contributed by atoms with Crippen molar-refractivity contribution in [1.82, 2.24) is 4.90 Å². The van der Waals surface area contributed by atoms with Crippen LogP contribution in [-0.4, -0.2) is 51.1 Å². The van der Waals surface area contributed by atoms with E-state index in [1.807, 2.05) is 42.5 Å². The number of rotatable bonds is 5. The van der Waals surface area contributed by atoms with Crippen molar-refractivity contribution >= 4 is 21.4 Å². The average Bonchev–Trinajstić information content (AvgIpc) is 3.17. The molecule has 2 heterocycles. The molecule has 1 saturated heterocycles. The van der Waals surface area contributed by atoms with Gasteiger partial charge in [-0.25, -0.2) is 0 Å². The van der Waals surface area contributed by atoms with Crippen LogP contribution < -0.4 is 0 Å². The summed E-state index contributed by atoms with van der Waals surface area (Å²) in [7, 11) is 0. The van der Waals surface area contributed by atoms with Crippen molar-refractivity contribution in [3.8, 4) is 0 Å². The highest BCUT2D eigenvalue weighted by molar-refractivity contribution is 7.19. The summed E-state index contributed by atoms with van der Waals surface area (Å²) in [5.41, 5.74) is 1.11. The molecule has 0 spiro atoms. The Bertz CT molecular complexity index is 833. The summed E-state index contributed by atoms with van der Waals surface area (Å²) in [6.45, 7) is 0.435. The van der Waals surface area contributed by atoms with Crippen LogP contribution in [0.3, 0.4) is 0 Å². The molecule has 5 heteroatoms. The second-order valence-corrected chi connectivity index (χ2v) is 8.08. The third-order valence-electron chi connectivity index (χ3n) is 5.28. The predicted molar refractivity (Wildman–Crippen MR) is 104 cm³/mol. The molecular formula is C21H23NO3S. The van der Waals surface area contributed by atoms with Crippen molar-refractivity contribution in [2.75, 3.05) is 6.61 Å². The normalized spacial score (nSPS) is 26.6. The first-order valence-corrected chi connectivity index (χ1v) is 9.73. The van der Waals surface area contributed by atoms with Crippen LogP contribution in [0.5, 0.6) is 0 Å². The van der Waals surface area contributed by atoms with E-state index in [9.17, 15) is 15.3 Å². The van der Waals surface area contributed by atoms with Gasteiger partial charge < -0.3 is 15.3 Å². The third-order valence-corrected chi connectivity index (χ3v) is 6.38. The topological polar surface area (TPSA) is 63.9 Å². The van der Waals surface area contributed by atoms with E-state index < -0.39 is 18.2 Å². The van der Waals surface area contributed by atoms with Crippen LogP contribution in [0.4, 0.5) is 0 Å². The third kappa shape index (κ3) is 3.29. The number of aliphatic hydroxyl groups is 3. The smallest absolute Gasteiger partial charge is 0.0991 e. The molecule has 3 N–H and O–H groups in total. The zero-order valence-corrected chi connectivity index (χ0v) is 15.2. The summed E-state index contributed by atoms with van der Waals surface area (Å²) in [4.78, 5) is 3.23. The molecule has 4 rings (SSSR count). The monoisotopic (exact) mass is 369 g/mol. The highest BCUT2D eigenvalue weighted by Gasteiger charge is 2.47. The Morgan fingerprint density at radius 1 is 0.885 bits per heavy atom. The maximum absolute atomic E-state index is 10.6. The van der Waals surface area contributed by atoms with E-state index in [-0.39, 0.29) is 12.6 Å². The first-order chi connectivity index (χ1) is 12.7. The van der Waals surface area contributed by atoms with Crippen molar-refractivity contribution in [3.05, 3.63) is 71.1 Å². The van der Waals surface area contributed by atoms with Crippen molar-refractivity contribution in [2.45, 2.75) is 37.3 Å². The maximum atomic E-state index is 10.6. The Kier molecular flexibility index (Phi) is 5.07. The Morgan fingerprint density at radius 2 is 1.58 bits per heavy atom. The summed E-state index contributed by atoms with van der Waals surface area (Å²) in [5.74, 6) is 0. The van der Waals surface area contributed by atoms with Gasteiger partial charge in [-0.15, -0.1) is 11.3 Å². The lowest BCUT2D eigenvalue weighted by molar-refractivity contribution is 0.0178. The SMILES string of the molecule is OC[C@@H]1[C@@H](O)[C@@H](O)[C@H](Cc2ccccc2)N1Cc1cc2ccccc2s1. The van der Waals surface area contributed by atoms with E-state index in [0.29, 0.717) is 13.0 Å². The number of benzene rings is 2. The van der Waals surface area contributed by atoms with Gasteiger partial charge in [0.1, 0.15) is 0 Å². The fraction of sp³-hybridized carbons (Fsp3) is 0.333. The van der Waals surface area contributed by atoms with Crippen molar-refractivity contribution < 1.29 is 15.3 Å². The van der Waals surface area contributed by atoms with Crippen molar-refractivity contribution in [1.29, 1.82) is 0 Å². The Balaban J connectivity index is 1.62. The Hall–Kier alpha value is -1.76. The van der Waals surface area contributed by atoms with Crippen LogP contribution in [0.25, 0.3) is 10.1 Å². The summed E-state index contributed by atoms with van der Waals surface area (Å²) in [6, 6.07) is 19.7. The summed E-state index contributed by atoms with van der Waals surface area (Å²) >= 11 is 1.72. The minimum atomic E-state index is -0.942. The standard InChI is InChI=1S/C21H23NO3S/c23-13-18-21(25)20(24)17(10-14-6-2-1-3-7-14)22(18)12-16-11-15-8-4-5-9-19(15)26-16/h1-9,11,17-18,20-21,23-25H,10,12-13H2/t17-,18+,20-,21+/m0/s1. The van der Waals surface area contributed by atoms with Crippen molar-refractivity contribution in [2.24, 2.45) is 0 Å². The molecule has 136 valence electrons. The van der Waals surface area contributed by atoms with Crippen LogP contribution in [-0.2, 0) is 13.0 Å². The molecule has 2 aromatic carbocycles. The largest absolute Gasteiger partial charge is 0.395 e. The fourth-order valence-corrected chi connectivity index (χ4v) is 5.00. The molecular weight excluding hydrogens is 346 g/mol. The summed E-state index contributed by atoms with van der Waals surface area (Å²) in [5, 5.41) is 32.1. The van der Waals surface area contributed by atoms with E-state index in [1.54, 1.807) is 11.3 Å². The van der Waals surface area contributed by atoms with Crippen LogP contribution in [0.2, 0.25) is 0 Å². The molecule has 0 radical (unpaired) electrons. The summed E-state index contributed by atoms with van der Waals surface area (Å²) in [6.07, 6.45) is -1.18. The lowest BCUT2D eigenvalue weighted by Crippen LogP contribution is -2.41. The van der Waals surface area contributed by atoms with Gasteiger partial charge in [0.05, 0.1) is 24.9 Å². The van der Waals surface area contributed by atoms with Crippen LogP contribution in [0.15, 0.2) is 60.7 Å². The second-order valence-electron chi connectivity index (χ2n) is 6.91. The maximum Gasteiger partial charge on any atom is 0.0991 e. The van der Waals surface area contributed by atoms with E-state index in [4.69, 9.17) is 0 Å². The minimum Gasteiger partial charge on any atom is -0.395 e. The molecule has 1 aliphatic rings. The van der Waals surface area contributed by atoms with Crippen LogP contribution in [0, 0.1) is 0 Å². The molecule has 1 fully saturated rings. The number of aliphatic hydroxyl groups excluding tert-OH is 3. The van der Waals surface area contributed by atoms with E-state index in [2.05, 4.69) is 23.1 Å². The lowest BCUT2D eigenvalue weighted by Gasteiger charge is -2.29. The van der Waals surface area contributed by atoms with Crippen LogP contribution in [0.1, 0.15) is 10.4 Å². The molecule has 0 saturated carbocycles. The van der Waals surface area contributed by atoms with Gasteiger partial charge in [-0.05, 0) is 29.5 Å². The highest BCUT2D eigenvalue weighted by Crippen LogP contribution is 2.33. The van der Waals surface area contributed by atoms with Gasteiger partial charge in [-0.3, -0.25) is 4.90 Å². The molecule has 0 aliphatic carbocycles. The van der Waals surface area contributed by atoms with Gasteiger partial charge in [-0.2, -0.15) is 0 Å². The Labute approximate surface area is 157 Å². The molecule has 1 aromatic heterocycles. The quantitative estimate of drug-likeness (QED) is 0.646. The number of hydrogen-bond acceptors (Lipinski definition) is 5. The zero-order valence-electron chi connectivity index (χ0n) is 14.4. The van der Waals surface area contributed by atoms with E-state index in [1.165, 1.54) is 15.0 Å². The number of fused-ring (bicyclic) bond motifs is 1. The molecule has 0 unspecified atom stereocenters. The van der Waals surface area contributed by atoms with E-state index >= 15 is 0 Å².